The number of hydrogen-bond donors (Lipinski definition) is 0. The van der Waals surface area contributed by atoms with Gasteiger partial charge in [-0.15, -0.1) is 5.47 Å². The van der Waals surface area contributed by atoms with Gasteiger partial charge in [0.05, 0.1) is 5.57 Å². The van der Waals surface area contributed by atoms with Crippen LogP contribution in [0.3, 0.4) is 0 Å². The van der Waals surface area contributed by atoms with Gasteiger partial charge in [-0.2, -0.15) is 13.2 Å². The highest BCUT2D eigenvalue weighted by molar-refractivity contribution is 6.22. The van der Waals surface area contributed by atoms with E-state index in [-0.39, 0.29) is 5.41 Å². The fourth-order valence-corrected chi connectivity index (χ4v) is 1.10. The molecule has 0 heterocycles. The smallest absolute Gasteiger partial charge is 0.166 e. The molecule has 0 saturated carbocycles. The number of alkyl halides is 3. The van der Waals surface area contributed by atoms with Gasteiger partial charge in [-0.3, -0.25) is 0 Å². The summed E-state index contributed by atoms with van der Waals surface area (Å²) in [6, 6.07) is 0. The first kappa shape index (κ1) is 10.4. The van der Waals surface area contributed by atoms with E-state index in [0.29, 0.717) is 11.9 Å². The molecule has 0 aliphatic heterocycles. The summed E-state index contributed by atoms with van der Waals surface area (Å²) in [5.41, 5.74) is -0.693. The molecule has 0 aromatic carbocycles. The normalized spacial score (nSPS) is 22.2. The van der Waals surface area contributed by atoms with Gasteiger partial charge in [-0.25, -0.2) is 0 Å². The molecule has 1 aliphatic carbocycles. The molecule has 4 heteroatoms. The summed E-state index contributed by atoms with van der Waals surface area (Å²) in [5.74, 6) is 0. The van der Waals surface area contributed by atoms with Crippen LogP contribution in [0.1, 0.15) is 20.3 Å². The lowest BCUT2D eigenvalue weighted by Gasteiger charge is -2.29. The predicted molar refractivity (Wildman–Crippen MR) is 46.4 cm³/mol. The van der Waals surface area contributed by atoms with E-state index in [9.17, 15) is 13.2 Å². The predicted octanol–water partition coefficient (Wildman–Crippen LogP) is 2.96. The SMILES string of the molecule is [B]C1=CC(C(F)(F)F)=CCC1(C)C. The summed E-state index contributed by atoms with van der Waals surface area (Å²) < 4.78 is 36.6. The van der Waals surface area contributed by atoms with E-state index >= 15 is 0 Å². The lowest BCUT2D eigenvalue weighted by molar-refractivity contribution is -0.0889. The Morgan fingerprint density at radius 1 is 1.38 bits per heavy atom. The molecule has 1 aliphatic rings. The average Bonchev–Trinajstić information content (AvgIpc) is 1.92. The van der Waals surface area contributed by atoms with E-state index in [1.165, 1.54) is 6.08 Å². The van der Waals surface area contributed by atoms with Crippen molar-refractivity contribution < 1.29 is 13.2 Å². The lowest BCUT2D eigenvalue weighted by Crippen LogP contribution is -2.21. The second-order valence-corrected chi connectivity index (χ2v) is 3.84. The molecule has 1 rings (SSSR count). The largest absolute Gasteiger partial charge is 0.416 e. The highest BCUT2D eigenvalue weighted by Crippen LogP contribution is 2.38. The first-order chi connectivity index (χ1) is 5.73. The molecule has 0 aromatic heterocycles. The molecule has 2 radical (unpaired) electrons. The van der Waals surface area contributed by atoms with Crippen LogP contribution in [-0.2, 0) is 0 Å². The molecule has 13 heavy (non-hydrogen) atoms. The minimum Gasteiger partial charge on any atom is -0.166 e. The fraction of sp³-hybridized carbons (Fsp3) is 0.556. The van der Waals surface area contributed by atoms with Gasteiger partial charge in [0.15, 0.2) is 0 Å². The van der Waals surface area contributed by atoms with Crippen molar-refractivity contribution in [1.29, 1.82) is 0 Å². The van der Waals surface area contributed by atoms with Gasteiger partial charge in [0, 0.05) is 0 Å². The molecular formula is C9H10BF3. The molecule has 70 valence electrons. The summed E-state index contributed by atoms with van der Waals surface area (Å²) in [6.07, 6.45) is -1.73. The monoisotopic (exact) mass is 186 g/mol. The Hall–Kier alpha value is -0.665. The van der Waals surface area contributed by atoms with Crippen molar-refractivity contribution in [3.05, 3.63) is 23.2 Å². The number of hydrogen-bond acceptors (Lipinski definition) is 0. The van der Waals surface area contributed by atoms with Crippen molar-refractivity contribution in [2.45, 2.75) is 26.4 Å². The maximum Gasteiger partial charge on any atom is 0.416 e. The van der Waals surface area contributed by atoms with Crippen LogP contribution in [-0.4, -0.2) is 14.0 Å². The van der Waals surface area contributed by atoms with E-state index in [0.717, 1.165) is 6.08 Å². The second kappa shape index (κ2) is 2.93. The fourth-order valence-electron chi connectivity index (χ4n) is 1.10. The van der Waals surface area contributed by atoms with E-state index in [2.05, 4.69) is 0 Å². The zero-order chi connectivity index (χ0) is 10.3. The van der Waals surface area contributed by atoms with Crippen LogP contribution in [0.5, 0.6) is 0 Å². The molecule has 0 fully saturated rings. The van der Waals surface area contributed by atoms with Gasteiger partial charge in [0.1, 0.15) is 7.85 Å². The maximum absolute atomic E-state index is 12.2. The van der Waals surface area contributed by atoms with Crippen molar-refractivity contribution in [1.82, 2.24) is 0 Å². The van der Waals surface area contributed by atoms with Crippen molar-refractivity contribution in [3.8, 4) is 0 Å². The summed E-state index contributed by atoms with van der Waals surface area (Å²) in [4.78, 5) is 0. The molecular weight excluding hydrogens is 176 g/mol. The van der Waals surface area contributed by atoms with E-state index in [1.54, 1.807) is 0 Å². The number of rotatable bonds is 0. The van der Waals surface area contributed by atoms with Gasteiger partial charge < -0.3 is 0 Å². The van der Waals surface area contributed by atoms with E-state index in [1.807, 2.05) is 13.8 Å². The quantitative estimate of drug-likeness (QED) is 0.510. The van der Waals surface area contributed by atoms with Gasteiger partial charge in [0.2, 0.25) is 0 Å². The van der Waals surface area contributed by atoms with Gasteiger partial charge in [0.25, 0.3) is 0 Å². The topological polar surface area (TPSA) is 0 Å². The third-order valence-corrected chi connectivity index (χ3v) is 2.25. The van der Waals surface area contributed by atoms with Gasteiger partial charge in [-0.05, 0) is 11.8 Å². The second-order valence-electron chi connectivity index (χ2n) is 3.84. The Labute approximate surface area is 76.9 Å². The van der Waals surface area contributed by atoms with Gasteiger partial charge >= 0.3 is 6.18 Å². The van der Waals surface area contributed by atoms with Crippen LogP contribution in [0.15, 0.2) is 23.2 Å². The van der Waals surface area contributed by atoms with Crippen LogP contribution in [0.2, 0.25) is 0 Å². The van der Waals surface area contributed by atoms with Gasteiger partial charge in [-0.1, -0.05) is 26.0 Å². The van der Waals surface area contributed by atoms with Crippen LogP contribution >= 0.6 is 0 Å². The standard InChI is InChI=1S/C9H10BF3/c1-8(2)4-3-6(5-7(8)10)9(11,12)13/h3,5H,4H2,1-2H3. The Bertz CT molecular complexity index is 271. The van der Waals surface area contributed by atoms with Crippen LogP contribution in [0.25, 0.3) is 0 Å². The van der Waals surface area contributed by atoms with Crippen molar-refractivity contribution in [3.63, 3.8) is 0 Å². The molecule has 0 N–H and O–H groups in total. The highest BCUT2D eigenvalue weighted by Gasteiger charge is 2.35. The summed E-state index contributed by atoms with van der Waals surface area (Å²) in [7, 11) is 5.52. The molecule has 0 spiro atoms. The number of halogens is 3. The first-order valence-corrected chi connectivity index (χ1v) is 3.98. The molecule has 0 nitrogen and oxygen atoms in total. The van der Waals surface area contributed by atoms with Crippen molar-refractivity contribution in [2.24, 2.45) is 5.41 Å². The molecule has 0 atom stereocenters. The van der Waals surface area contributed by atoms with E-state index in [4.69, 9.17) is 7.85 Å². The highest BCUT2D eigenvalue weighted by atomic mass is 19.4. The van der Waals surface area contributed by atoms with Crippen LogP contribution in [0, 0.1) is 5.41 Å². The molecule has 0 saturated heterocycles. The Morgan fingerprint density at radius 2 is 1.92 bits per heavy atom. The van der Waals surface area contributed by atoms with Crippen molar-refractivity contribution >= 4 is 7.85 Å². The molecule has 0 amide bonds. The minimum absolute atomic E-state index is 0.294. The molecule has 0 aromatic rings. The average molecular weight is 186 g/mol. The Morgan fingerprint density at radius 3 is 2.31 bits per heavy atom. The minimum atomic E-state index is -4.28. The summed E-state index contributed by atoms with van der Waals surface area (Å²) in [5, 5.41) is 0. The third kappa shape index (κ3) is 2.17. The zero-order valence-electron chi connectivity index (χ0n) is 7.57. The zero-order valence-corrected chi connectivity index (χ0v) is 7.57. The maximum atomic E-state index is 12.2. The van der Waals surface area contributed by atoms with Crippen molar-refractivity contribution in [2.75, 3.05) is 0 Å². The third-order valence-electron chi connectivity index (χ3n) is 2.25. The summed E-state index contributed by atoms with van der Waals surface area (Å²) >= 11 is 0. The van der Waals surface area contributed by atoms with Crippen LogP contribution in [0.4, 0.5) is 13.2 Å². The Kier molecular flexibility index (Phi) is 2.35. The Balaban J connectivity index is 2.95. The lowest BCUT2D eigenvalue weighted by atomic mass is 9.68. The molecule has 0 bridgehead atoms. The van der Waals surface area contributed by atoms with Crippen LogP contribution < -0.4 is 0 Å². The number of allylic oxidation sites excluding steroid dienone is 4. The summed E-state index contributed by atoms with van der Waals surface area (Å²) in [6.45, 7) is 3.64. The van der Waals surface area contributed by atoms with E-state index < -0.39 is 11.7 Å². The molecule has 0 unspecified atom stereocenters. The first-order valence-electron chi connectivity index (χ1n) is 3.98.